The molecule has 2 heterocycles. The minimum atomic E-state index is -4.41. The lowest BCUT2D eigenvalue weighted by Gasteiger charge is -2.15. The smallest absolute Gasteiger partial charge is 0.416 e. The topological polar surface area (TPSA) is 64.3 Å². The molecule has 5 nitrogen and oxygen atoms in total. The highest BCUT2D eigenvalue weighted by Gasteiger charge is 2.32. The Labute approximate surface area is 141 Å². The molecule has 0 fully saturated rings. The molecule has 1 N–H and O–H groups in total. The summed E-state index contributed by atoms with van der Waals surface area (Å²) in [6, 6.07) is 4.97. The van der Waals surface area contributed by atoms with E-state index in [1.165, 1.54) is 23.1 Å². The summed E-state index contributed by atoms with van der Waals surface area (Å²) in [5, 5.41) is 12.9. The number of nitrogens with zero attached hydrogens (tertiary/aromatic N) is 2. The largest absolute Gasteiger partial charge is 0.490 e. The molecule has 2 aromatic rings. The van der Waals surface area contributed by atoms with Gasteiger partial charge in [0.2, 0.25) is 0 Å². The van der Waals surface area contributed by atoms with E-state index in [2.05, 4.69) is 5.10 Å². The zero-order valence-electron chi connectivity index (χ0n) is 13.2. The van der Waals surface area contributed by atoms with Gasteiger partial charge in [0.1, 0.15) is 11.9 Å². The van der Waals surface area contributed by atoms with Crippen LogP contribution in [0.2, 0.25) is 0 Å². The van der Waals surface area contributed by atoms with Crippen LogP contribution in [-0.4, -0.2) is 27.0 Å². The Balaban J connectivity index is 1.80. The third kappa shape index (κ3) is 3.67. The van der Waals surface area contributed by atoms with Crippen molar-refractivity contribution < 1.29 is 27.8 Å². The third-order valence-corrected chi connectivity index (χ3v) is 4.03. The first-order valence-corrected chi connectivity index (χ1v) is 7.56. The fourth-order valence-corrected chi connectivity index (χ4v) is 2.66. The van der Waals surface area contributed by atoms with E-state index in [4.69, 9.17) is 9.84 Å². The van der Waals surface area contributed by atoms with E-state index in [1.54, 1.807) is 12.1 Å². The Morgan fingerprint density at radius 3 is 2.80 bits per heavy atom. The van der Waals surface area contributed by atoms with Gasteiger partial charge in [0.25, 0.3) is 0 Å². The fourth-order valence-electron chi connectivity index (χ4n) is 2.66. The molecule has 0 spiro atoms. The zero-order chi connectivity index (χ0) is 18.2. The van der Waals surface area contributed by atoms with Gasteiger partial charge in [-0.05, 0) is 25.1 Å². The van der Waals surface area contributed by atoms with Gasteiger partial charge in [-0.1, -0.05) is 12.1 Å². The van der Waals surface area contributed by atoms with Gasteiger partial charge in [0, 0.05) is 17.7 Å². The number of carboxylic acid groups (broad SMARTS) is 1. The van der Waals surface area contributed by atoms with E-state index in [9.17, 15) is 18.0 Å². The Kier molecular flexibility index (Phi) is 4.28. The van der Waals surface area contributed by atoms with Crippen LogP contribution in [0.4, 0.5) is 13.2 Å². The van der Waals surface area contributed by atoms with Crippen molar-refractivity contribution in [3.05, 3.63) is 59.4 Å². The first-order chi connectivity index (χ1) is 11.7. The summed E-state index contributed by atoms with van der Waals surface area (Å²) in [6.45, 7) is 2.18. The lowest BCUT2D eigenvalue weighted by atomic mass is 10.0. The number of halogens is 3. The minimum Gasteiger partial charge on any atom is -0.490 e. The summed E-state index contributed by atoms with van der Waals surface area (Å²) in [4.78, 5) is 10.9. The van der Waals surface area contributed by atoms with Gasteiger partial charge < -0.3 is 9.84 Å². The molecule has 8 heteroatoms. The van der Waals surface area contributed by atoms with Crippen LogP contribution in [0.1, 0.15) is 28.4 Å². The second kappa shape index (κ2) is 6.27. The van der Waals surface area contributed by atoms with Crippen LogP contribution >= 0.6 is 0 Å². The maximum Gasteiger partial charge on any atom is 0.416 e. The van der Waals surface area contributed by atoms with Gasteiger partial charge in [0.05, 0.1) is 23.9 Å². The third-order valence-electron chi connectivity index (χ3n) is 4.03. The summed E-state index contributed by atoms with van der Waals surface area (Å²) in [5.41, 5.74) is -0.298. The van der Waals surface area contributed by atoms with Crippen LogP contribution in [0.5, 0.6) is 0 Å². The quantitative estimate of drug-likeness (QED) is 0.912. The molecule has 0 bridgehead atoms. The maximum absolute atomic E-state index is 12.8. The van der Waals surface area contributed by atoms with E-state index >= 15 is 0 Å². The maximum atomic E-state index is 12.8. The normalized spacial score (nSPS) is 20.2. The second-order valence-corrected chi connectivity index (χ2v) is 5.85. The molecule has 0 saturated carbocycles. The molecule has 3 rings (SSSR count). The van der Waals surface area contributed by atoms with Crippen molar-refractivity contribution in [2.24, 2.45) is 5.92 Å². The Morgan fingerprint density at radius 1 is 1.40 bits per heavy atom. The minimum absolute atomic E-state index is 0.0775. The summed E-state index contributed by atoms with van der Waals surface area (Å²) in [7, 11) is 0. The van der Waals surface area contributed by atoms with Crippen molar-refractivity contribution >= 4 is 11.7 Å². The van der Waals surface area contributed by atoms with Gasteiger partial charge >= 0.3 is 12.1 Å². The molecule has 0 radical (unpaired) electrons. The van der Waals surface area contributed by atoms with Gasteiger partial charge in [0.15, 0.2) is 0 Å². The van der Waals surface area contributed by atoms with Crippen LogP contribution in [0, 0.1) is 5.92 Å². The van der Waals surface area contributed by atoms with Crippen molar-refractivity contribution in [3.8, 4) is 0 Å². The number of hydrogen-bond acceptors (Lipinski definition) is 3. The van der Waals surface area contributed by atoms with Gasteiger partial charge in [-0.15, -0.1) is 0 Å². The molecule has 1 aliphatic rings. The summed E-state index contributed by atoms with van der Waals surface area (Å²) in [5.74, 6) is -0.817. The van der Waals surface area contributed by atoms with Crippen molar-refractivity contribution in [2.45, 2.75) is 25.7 Å². The van der Waals surface area contributed by atoms with E-state index in [-0.39, 0.29) is 17.6 Å². The molecule has 2 atom stereocenters. The highest BCUT2D eigenvalue weighted by atomic mass is 19.4. The fraction of sp³-hybridized carbons (Fsp3) is 0.294. The highest BCUT2D eigenvalue weighted by Crippen LogP contribution is 2.35. The number of aromatic carboxylic acids is 1. The molecule has 132 valence electrons. The highest BCUT2D eigenvalue weighted by molar-refractivity contribution is 5.86. The molecule has 25 heavy (non-hydrogen) atoms. The number of ether oxygens (including phenoxy) is 1. The van der Waals surface area contributed by atoms with E-state index < -0.39 is 17.7 Å². The van der Waals surface area contributed by atoms with E-state index in [0.29, 0.717) is 17.9 Å². The van der Waals surface area contributed by atoms with Crippen molar-refractivity contribution in [1.29, 1.82) is 0 Å². The number of carbonyl (C=O) groups is 1. The predicted molar refractivity (Wildman–Crippen MR) is 82.6 cm³/mol. The van der Waals surface area contributed by atoms with Crippen LogP contribution in [0.25, 0.3) is 5.76 Å². The van der Waals surface area contributed by atoms with E-state index in [1.807, 2.05) is 6.92 Å². The molecule has 2 unspecified atom stereocenters. The number of benzene rings is 1. The predicted octanol–water partition coefficient (Wildman–Crippen LogP) is 3.68. The molecule has 1 aromatic carbocycles. The molecule has 1 aliphatic heterocycles. The molecule has 0 aliphatic carbocycles. The first-order valence-electron chi connectivity index (χ1n) is 7.56. The second-order valence-electron chi connectivity index (χ2n) is 5.85. The zero-order valence-corrected chi connectivity index (χ0v) is 13.2. The number of aromatic nitrogens is 2. The summed E-state index contributed by atoms with van der Waals surface area (Å²) < 4.78 is 45.7. The van der Waals surface area contributed by atoms with E-state index in [0.717, 1.165) is 12.1 Å². The van der Waals surface area contributed by atoms with Gasteiger partial charge in [-0.2, -0.15) is 18.3 Å². The van der Waals surface area contributed by atoms with Gasteiger partial charge in [-0.3, -0.25) is 4.68 Å². The van der Waals surface area contributed by atoms with Crippen molar-refractivity contribution in [3.63, 3.8) is 0 Å². The molecular weight excluding hydrogens is 337 g/mol. The number of rotatable bonds is 4. The van der Waals surface area contributed by atoms with Crippen LogP contribution in [0.3, 0.4) is 0 Å². The Morgan fingerprint density at radius 2 is 2.16 bits per heavy atom. The lowest BCUT2D eigenvalue weighted by molar-refractivity contribution is -0.137. The Bertz CT molecular complexity index is 827. The monoisotopic (exact) mass is 352 g/mol. The number of carboxylic acids is 1. The number of alkyl halides is 3. The number of hydrogen-bond donors (Lipinski definition) is 1. The van der Waals surface area contributed by atoms with Crippen LogP contribution in [-0.2, 0) is 17.5 Å². The van der Waals surface area contributed by atoms with Crippen LogP contribution < -0.4 is 0 Å². The summed E-state index contributed by atoms with van der Waals surface area (Å²) >= 11 is 0. The molecule has 0 saturated heterocycles. The van der Waals surface area contributed by atoms with Crippen molar-refractivity contribution in [1.82, 2.24) is 9.78 Å². The van der Waals surface area contributed by atoms with Gasteiger partial charge in [-0.25, -0.2) is 4.79 Å². The first kappa shape index (κ1) is 17.1. The van der Waals surface area contributed by atoms with Crippen molar-refractivity contribution in [2.75, 3.05) is 0 Å². The standard InChI is InChI=1S/C17H15F3N2O3/c1-10-12(8-22-9-13(7-21-22)16(23)24)6-15(25-10)11-3-2-4-14(5-11)17(18,19)20/h2-7,9-10,12H,8H2,1H3,(H,23,24). The average Bonchev–Trinajstić information content (AvgIpc) is 3.15. The van der Waals surface area contributed by atoms with Crippen LogP contribution in [0.15, 0.2) is 42.7 Å². The molecule has 1 aromatic heterocycles. The SMILES string of the molecule is CC1OC(c2cccc(C(F)(F)F)c2)=CC1Cn1cc(C(=O)O)cn1. The lowest BCUT2D eigenvalue weighted by Crippen LogP contribution is -2.18. The summed E-state index contributed by atoms with van der Waals surface area (Å²) in [6.07, 6.45) is -0.266. The average molecular weight is 352 g/mol. The Hall–Kier alpha value is -2.77. The molecule has 0 amide bonds. The molecular formula is C17H15F3N2O3.